The first-order valence-electron chi connectivity index (χ1n) is 6.53. The lowest BCUT2D eigenvalue weighted by atomic mass is 10.1. The molecule has 0 fully saturated rings. The molecule has 0 aliphatic carbocycles. The lowest BCUT2D eigenvalue weighted by Crippen LogP contribution is -2.36. The molecule has 0 bridgehead atoms. The second-order valence-electron chi connectivity index (χ2n) is 4.46. The van der Waals surface area contributed by atoms with Crippen LogP contribution in [0.4, 0.5) is 14.5 Å². The van der Waals surface area contributed by atoms with E-state index in [2.05, 4.69) is 0 Å². The molecule has 0 aromatic heterocycles. The molecule has 1 aromatic carbocycles. The summed E-state index contributed by atoms with van der Waals surface area (Å²) in [5.41, 5.74) is 4.50. The van der Waals surface area contributed by atoms with Gasteiger partial charge in [-0.1, -0.05) is 0 Å². The van der Waals surface area contributed by atoms with Crippen LogP contribution in [0.25, 0.3) is 0 Å². The van der Waals surface area contributed by atoms with E-state index in [1.807, 2.05) is 0 Å². The van der Waals surface area contributed by atoms with Crippen molar-refractivity contribution in [1.82, 2.24) is 4.90 Å². The van der Waals surface area contributed by atoms with E-state index >= 15 is 0 Å². The number of nitrogens with zero attached hydrogens (tertiary/aromatic N) is 1. The third-order valence-electron chi connectivity index (χ3n) is 2.96. The summed E-state index contributed by atoms with van der Waals surface area (Å²) in [4.78, 5) is 13.7. The Labute approximate surface area is 122 Å². The van der Waals surface area contributed by atoms with Gasteiger partial charge in [0.2, 0.25) is 0 Å². The molecule has 0 aliphatic heterocycles. The van der Waals surface area contributed by atoms with Gasteiger partial charge in [-0.15, -0.1) is 0 Å². The maximum absolute atomic E-state index is 13.9. The van der Waals surface area contributed by atoms with Gasteiger partial charge in [0.25, 0.3) is 5.91 Å². The topological polar surface area (TPSA) is 64.8 Å². The Morgan fingerprint density at radius 2 is 1.86 bits per heavy atom. The molecule has 0 unspecified atom stereocenters. The minimum Gasteiger partial charge on any atom is -0.396 e. The highest BCUT2D eigenvalue weighted by Gasteiger charge is 2.24. The Hall–Kier alpha value is -1.73. The van der Waals surface area contributed by atoms with E-state index in [4.69, 9.17) is 15.2 Å². The van der Waals surface area contributed by atoms with Gasteiger partial charge in [0.1, 0.15) is 11.4 Å². The third-order valence-corrected chi connectivity index (χ3v) is 2.96. The summed E-state index contributed by atoms with van der Waals surface area (Å²) >= 11 is 0. The van der Waals surface area contributed by atoms with E-state index in [1.165, 1.54) is 12.0 Å². The van der Waals surface area contributed by atoms with Crippen LogP contribution in [0.2, 0.25) is 0 Å². The van der Waals surface area contributed by atoms with Crippen molar-refractivity contribution in [3.63, 3.8) is 0 Å². The first-order valence-corrected chi connectivity index (χ1v) is 6.53. The number of hydrogen-bond donors (Lipinski definition) is 1. The molecule has 7 heteroatoms. The Balaban J connectivity index is 2.96. The van der Waals surface area contributed by atoms with Gasteiger partial charge in [0.05, 0.1) is 12.3 Å². The fourth-order valence-electron chi connectivity index (χ4n) is 1.84. The number of rotatable bonds is 8. The van der Waals surface area contributed by atoms with Crippen molar-refractivity contribution in [3.8, 4) is 0 Å². The molecule has 0 spiro atoms. The lowest BCUT2D eigenvalue weighted by Gasteiger charge is -2.23. The van der Waals surface area contributed by atoms with Crippen LogP contribution in [0.5, 0.6) is 0 Å². The minimum absolute atomic E-state index is 0.229. The van der Waals surface area contributed by atoms with E-state index in [1.54, 1.807) is 7.11 Å². The van der Waals surface area contributed by atoms with E-state index < -0.39 is 23.1 Å². The second-order valence-corrected chi connectivity index (χ2v) is 4.46. The monoisotopic (exact) mass is 302 g/mol. The summed E-state index contributed by atoms with van der Waals surface area (Å²) in [6.45, 7) is 1.25. The number of ether oxygens (including phenoxy) is 2. The summed E-state index contributed by atoms with van der Waals surface area (Å²) in [5, 5.41) is 0. The quantitative estimate of drug-likeness (QED) is 0.586. The average molecular weight is 302 g/mol. The maximum atomic E-state index is 13.9. The molecule has 1 amide bonds. The van der Waals surface area contributed by atoms with Gasteiger partial charge >= 0.3 is 0 Å². The maximum Gasteiger partial charge on any atom is 0.259 e. The van der Waals surface area contributed by atoms with Crippen molar-refractivity contribution >= 4 is 11.6 Å². The van der Waals surface area contributed by atoms with E-state index in [0.717, 1.165) is 12.1 Å². The average Bonchev–Trinajstić information content (AvgIpc) is 2.47. The van der Waals surface area contributed by atoms with Gasteiger partial charge in [0, 0.05) is 33.9 Å². The highest BCUT2D eigenvalue weighted by molar-refractivity contribution is 5.95. The Kier molecular flexibility index (Phi) is 7.04. The summed E-state index contributed by atoms with van der Waals surface area (Å²) in [6, 6.07) is 2.07. The van der Waals surface area contributed by atoms with Gasteiger partial charge in [0.15, 0.2) is 5.82 Å². The minimum atomic E-state index is -1.03. The van der Waals surface area contributed by atoms with Crippen LogP contribution in [0.15, 0.2) is 12.1 Å². The van der Waals surface area contributed by atoms with Crippen molar-refractivity contribution in [2.75, 3.05) is 46.3 Å². The lowest BCUT2D eigenvalue weighted by molar-refractivity contribution is 0.0665. The van der Waals surface area contributed by atoms with E-state index in [-0.39, 0.29) is 18.8 Å². The van der Waals surface area contributed by atoms with Crippen molar-refractivity contribution in [2.45, 2.75) is 6.42 Å². The Morgan fingerprint density at radius 1 is 1.19 bits per heavy atom. The molecular formula is C14H20F2N2O3. The smallest absolute Gasteiger partial charge is 0.259 e. The van der Waals surface area contributed by atoms with Gasteiger partial charge in [-0.2, -0.15) is 0 Å². The number of nitrogen functional groups attached to an aromatic ring is 1. The predicted octanol–water partition coefficient (Wildman–Crippen LogP) is 1.67. The van der Waals surface area contributed by atoms with Crippen LogP contribution in [-0.2, 0) is 9.47 Å². The first-order chi connectivity index (χ1) is 10.0. The van der Waals surface area contributed by atoms with Crippen LogP contribution >= 0.6 is 0 Å². The molecule has 0 radical (unpaired) electrons. The zero-order valence-electron chi connectivity index (χ0n) is 12.2. The van der Waals surface area contributed by atoms with E-state index in [9.17, 15) is 13.6 Å². The summed E-state index contributed by atoms with van der Waals surface area (Å²) in [6.07, 6.45) is 0.553. The molecule has 0 aliphatic rings. The predicted molar refractivity (Wildman–Crippen MR) is 75.0 cm³/mol. The molecule has 118 valence electrons. The van der Waals surface area contributed by atoms with Crippen LogP contribution < -0.4 is 5.73 Å². The molecule has 1 rings (SSSR count). The number of amides is 1. The van der Waals surface area contributed by atoms with Gasteiger partial charge in [-0.25, -0.2) is 8.78 Å². The Bertz CT molecular complexity index is 484. The van der Waals surface area contributed by atoms with Gasteiger partial charge in [-0.05, 0) is 18.6 Å². The Morgan fingerprint density at radius 3 is 2.48 bits per heavy atom. The second kappa shape index (κ2) is 8.53. The molecule has 21 heavy (non-hydrogen) atoms. The number of benzene rings is 1. The number of carbonyl (C=O) groups excluding carboxylic acids is 1. The van der Waals surface area contributed by atoms with Crippen molar-refractivity contribution in [1.29, 1.82) is 0 Å². The number of anilines is 1. The SMILES string of the molecule is COCCCN(CCOC)C(=O)c1c(F)ccc(N)c1F. The number of halogens is 2. The van der Waals surface area contributed by atoms with Crippen LogP contribution in [-0.4, -0.2) is 51.3 Å². The highest BCUT2D eigenvalue weighted by Crippen LogP contribution is 2.20. The molecule has 1 aromatic rings. The molecule has 0 atom stereocenters. The summed E-state index contributed by atoms with van der Waals surface area (Å²) < 4.78 is 37.5. The van der Waals surface area contributed by atoms with Crippen LogP contribution in [0.1, 0.15) is 16.8 Å². The number of methoxy groups -OCH3 is 2. The molecule has 2 N–H and O–H groups in total. The van der Waals surface area contributed by atoms with Crippen molar-refractivity contribution < 1.29 is 23.0 Å². The number of nitrogens with two attached hydrogens (primary N) is 1. The third kappa shape index (κ3) is 4.64. The zero-order chi connectivity index (χ0) is 15.8. The van der Waals surface area contributed by atoms with Crippen LogP contribution in [0, 0.1) is 11.6 Å². The fourth-order valence-corrected chi connectivity index (χ4v) is 1.84. The zero-order valence-corrected chi connectivity index (χ0v) is 12.2. The van der Waals surface area contributed by atoms with Crippen molar-refractivity contribution in [3.05, 3.63) is 29.3 Å². The molecule has 0 saturated heterocycles. The standard InChI is InChI=1S/C14H20F2N2O3/c1-20-8-3-6-18(7-9-21-2)14(19)12-10(15)4-5-11(17)13(12)16/h4-5H,3,6-9,17H2,1-2H3. The number of hydrogen-bond acceptors (Lipinski definition) is 4. The molecule has 0 saturated carbocycles. The largest absolute Gasteiger partial charge is 0.396 e. The number of carbonyl (C=O) groups is 1. The van der Waals surface area contributed by atoms with Gasteiger partial charge < -0.3 is 20.1 Å². The summed E-state index contributed by atoms with van der Waals surface area (Å²) in [5.74, 6) is -2.71. The summed E-state index contributed by atoms with van der Waals surface area (Å²) in [7, 11) is 3.03. The molecule has 5 nitrogen and oxygen atoms in total. The van der Waals surface area contributed by atoms with Crippen LogP contribution in [0.3, 0.4) is 0 Å². The highest BCUT2D eigenvalue weighted by atomic mass is 19.1. The first kappa shape index (κ1) is 17.3. The van der Waals surface area contributed by atoms with E-state index in [0.29, 0.717) is 19.6 Å². The normalized spacial score (nSPS) is 10.7. The fraction of sp³-hybridized carbons (Fsp3) is 0.500. The van der Waals surface area contributed by atoms with Crippen molar-refractivity contribution in [2.24, 2.45) is 0 Å². The molecular weight excluding hydrogens is 282 g/mol. The van der Waals surface area contributed by atoms with Gasteiger partial charge in [-0.3, -0.25) is 4.79 Å². The molecule has 0 heterocycles.